The summed E-state index contributed by atoms with van der Waals surface area (Å²) >= 11 is 0. The van der Waals surface area contributed by atoms with Gasteiger partial charge in [0.25, 0.3) is 0 Å². The summed E-state index contributed by atoms with van der Waals surface area (Å²) < 4.78 is 51.5. The van der Waals surface area contributed by atoms with Crippen molar-refractivity contribution in [1.29, 1.82) is 0 Å². The van der Waals surface area contributed by atoms with Gasteiger partial charge in [0.15, 0.2) is 6.40 Å². The maximum absolute atomic E-state index is 13.9. The quantitative estimate of drug-likeness (QED) is 0.805. The van der Waals surface area contributed by atoms with E-state index in [4.69, 9.17) is 9.47 Å². The summed E-state index contributed by atoms with van der Waals surface area (Å²) in [6.07, 6.45) is -4.17. The number of carbonyl (C=O) groups excluding carboxylic acids is 1. The molecule has 0 radical (unpaired) electrons. The predicted molar refractivity (Wildman–Crippen MR) is 73.5 cm³/mol. The molecule has 4 nitrogen and oxygen atoms in total. The standard InChI is InChI=1S/C15H16F3NO3/c1-4-21-12(20)13(3)14(15(16,17)18,19-9-22-13)11-7-5-10(2)6-8-11/h5-9H,4H2,1-3H3. The highest BCUT2D eigenvalue weighted by Gasteiger charge is 2.73. The van der Waals surface area contributed by atoms with Crippen molar-refractivity contribution in [3.05, 3.63) is 35.4 Å². The van der Waals surface area contributed by atoms with Crippen molar-refractivity contribution in [2.75, 3.05) is 6.61 Å². The van der Waals surface area contributed by atoms with Crippen LogP contribution in [-0.2, 0) is 19.8 Å². The Balaban J connectivity index is 2.66. The molecule has 0 N–H and O–H groups in total. The summed E-state index contributed by atoms with van der Waals surface area (Å²) in [6.45, 7) is 4.26. The molecule has 1 aliphatic heterocycles. The molecule has 120 valence electrons. The number of halogens is 3. The van der Waals surface area contributed by atoms with Gasteiger partial charge in [0.1, 0.15) is 0 Å². The number of benzene rings is 1. The Labute approximate surface area is 125 Å². The lowest BCUT2D eigenvalue weighted by molar-refractivity contribution is -0.233. The SMILES string of the molecule is CCOC(=O)C1(C)OC=NC1(c1ccc(C)cc1)C(F)(F)F. The van der Waals surface area contributed by atoms with Crippen LogP contribution < -0.4 is 0 Å². The molecule has 0 bridgehead atoms. The lowest BCUT2D eigenvalue weighted by Crippen LogP contribution is -2.60. The van der Waals surface area contributed by atoms with Crippen molar-refractivity contribution < 1.29 is 27.4 Å². The normalized spacial score (nSPS) is 27.5. The molecule has 0 amide bonds. The third kappa shape index (κ3) is 2.15. The summed E-state index contributed by atoms with van der Waals surface area (Å²) in [7, 11) is 0. The van der Waals surface area contributed by atoms with E-state index in [1.807, 2.05) is 0 Å². The van der Waals surface area contributed by atoms with Gasteiger partial charge in [-0.2, -0.15) is 13.2 Å². The van der Waals surface area contributed by atoms with Gasteiger partial charge in [0, 0.05) is 0 Å². The molecule has 0 fully saturated rings. The van der Waals surface area contributed by atoms with E-state index in [-0.39, 0.29) is 12.2 Å². The highest BCUT2D eigenvalue weighted by molar-refractivity contribution is 5.85. The minimum absolute atomic E-state index is 0.0559. The maximum atomic E-state index is 13.9. The zero-order chi connectivity index (χ0) is 16.6. The van der Waals surface area contributed by atoms with Crippen LogP contribution in [0.1, 0.15) is 25.0 Å². The van der Waals surface area contributed by atoms with Gasteiger partial charge < -0.3 is 9.47 Å². The molecule has 1 aliphatic rings. The number of carbonyl (C=O) groups is 1. The average molecular weight is 315 g/mol. The van der Waals surface area contributed by atoms with Crippen LogP contribution in [0, 0.1) is 6.92 Å². The summed E-state index contributed by atoms with van der Waals surface area (Å²) in [5.41, 5.74) is -4.52. The summed E-state index contributed by atoms with van der Waals surface area (Å²) in [4.78, 5) is 15.7. The van der Waals surface area contributed by atoms with Crippen LogP contribution >= 0.6 is 0 Å². The minimum atomic E-state index is -4.84. The summed E-state index contributed by atoms with van der Waals surface area (Å²) in [6, 6.07) is 5.66. The van der Waals surface area contributed by atoms with Crippen molar-refractivity contribution in [1.82, 2.24) is 0 Å². The van der Waals surface area contributed by atoms with Crippen LogP contribution in [0.5, 0.6) is 0 Å². The molecular weight excluding hydrogens is 299 g/mol. The number of aryl methyl sites for hydroxylation is 1. The molecule has 0 aliphatic carbocycles. The van der Waals surface area contributed by atoms with Crippen molar-refractivity contribution >= 4 is 12.4 Å². The molecule has 1 aromatic carbocycles. The molecule has 2 unspecified atom stereocenters. The highest BCUT2D eigenvalue weighted by atomic mass is 19.4. The lowest BCUT2D eigenvalue weighted by Gasteiger charge is -2.39. The molecule has 7 heteroatoms. The lowest BCUT2D eigenvalue weighted by atomic mass is 9.75. The third-order valence-electron chi connectivity index (χ3n) is 3.77. The van der Waals surface area contributed by atoms with Crippen LogP contribution in [-0.4, -0.2) is 30.8 Å². The number of alkyl halides is 3. The number of esters is 1. The van der Waals surface area contributed by atoms with E-state index in [9.17, 15) is 18.0 Å². The smallest absolute Gasteiger partial charge is 0.422 e. The monoisotopic (exact) mass is 315 g/mol. The van der Waals surface area contributed by atoms with E-state index in [1.54, 1.807) is 6.92 Å². The Morgan fingerprint density at radius 1 is 1.32 bits per heavy atom. The molecule has 0 spiro atoms. The first-order valence-electron chi connectivity index (χ1n) is 6.71. The number of aliphatic imine (C=N–C) groups is 1. The largest absolute Gasteiger partial charge is 0.463 e. The van der Waals surface area contributed by atoms with Gasteiger partial charge in [-0.1, -0.05) is 29.8 Å². The van der Waals surface area contributed by atoms with E-state index in [2.05, 4.69) is 4.99 Å². The Morgan fingerprint density at radius 2 is 1.91 bits per heavy atom. The second kappa shape index (κ2) is 5.30. The third-order valence-corrected chi connectivity index (χ3v) is 3.77. The average Bonchev–Trinajstić information content (AvgIpc) is 2.79. The van der Waals surface area contributed by atoms with Gasteiger partial charge in [-0.15, -0.1) is 0 Å². The van der Waals surface area contributed by atoms with E-state index in [1.165, 1.54) is 31.2 Å². The van der Waals surface area contributed by atoms with E-state index < -0.39 is 23.3 Å². The fraction of sp³-hybridized carbons (Fsp3) is 0.467. The van der Waals surface area contributed by atoms with Gasteiger partial charge in [-0.25, -0.2) is 9.79 Å². The molecular formula is C15H16F3NO3. The maximum Gasteiger partial charge on any atom is 0.422 e. The van der Waals surface area contributed by atoms with Crippen LogP contribution in [0.3, 0.4) is 0 Å². The van der Waals surface area contributed by atoms with Crippen LogP contribution in [0.4, 0.5) is 13.2 Å². The topological polar surface area (TPSA) is 47.9 Å². The molecule has 22 heavy (non-hydrogen) atoms. The van der Waals surface area contributed by atoms with E-state index in [0.29, 0.717) is 6.40 Å². The second-order valence-corrected chi connectivity index (χ2v) is 5.18. The Kier molecular flexibility index (Phi) is 3.93. The van der Waals surface area contributed by atoms with E-state index in [0.717, 1.165) is 12.5 Å². The molecule has 2 rings (SSSR count). The summed E-state index contributed by atoms with van der Waals surface area (Å²) in [5, 5.41) is 0. The van der Waals surface area contributed by atoms with Gasteiger partial charge in [-0.05, 0) is 26.3 Å². The minimum Gasteiger partial charge on any atom is -0.463 e. The van der Waals surface area contributed by atoms with Gasteiger partial charge in [0.05, 0.1) is 6.61 Å². The molecule has 0 saturated carbocycles. The van der Waals surface area contributed by atoms with Crippen LogP contribution in [0.15, 0.2) is 29.3 Å². The predicted octanol–water partition coefficient (Wildman–Crippen LogP) is 3.13. The van der Waals surface area contributed by atoms with Gasteiger partial charge in [0.2, 0.25) is 11.1 Å². The first-order chi connectivity index (χ1) is 10.2. The van der Waals surface area contributed by atoms with Crippen molar-refractivity contribution in [3.63, 3.8) is 0 Å². The fourth-order valence-electron chi connectivity index (χ4n) is 2.54. The first kappa shape index (κ1) is 16.3. The second-order valence-electron chi connectivity index (χ2n) is 5.18. The van der Waals surface area contributed by atoms with Crippen molar-refractivity contribution in [3.8, 4) is 0 Å². The van der Waals surface area contributed by atoms with E-state index >= 15 is 0 Å². The Bertz CT molecular complexity index is 597. The van der Waals surface area contributed by atoms with Gasteiger partial charge in [-0.3, -0.25) is 0 Å². The van der Waals surface area contributed by atoms with Crippen LogP contribution in [0.25, 0.3) is 0 Å². The Hall–Kier alpha value is -2.05. The molecule has 0 saturated heterocycles. The van der Waals surface area contributed by atoms with Crippen molar-refractivity contribution in [2.24, 2.45) is 4.99 Å². The zero-order valence-electron chi connectivity index (χ0n) is 12.4. The number of hydrogen-bond acceptors (Lipinski definition) is 4. The first-order valence-corrected chi connectivity index (χ1v) is 6.71. The molecule has 1 heterocycles. The number of nitrogens with zero attached hydrogens (tertiary/aromatic N) is 1. The van der Waals surface area contributed by atoms with Crippen LogP contribution in [0.2, 0.25) is 0 Å². The number of rotatable bonds is 3. The summed E-state index contributed by atoms with van der Waals surface area (Å²) in [5.74, 6) is -1.11. The zero-order valence-corrected chi connectivity index (χ0v) is 12.4. The van der Waals surface area contributed by atoms with Gasteiger partial charge >= 0.3 is 12.1 Å². The fourth-order valence-corrected chi connectivity index (χ4v) is 2.54. The molecule has 1 aromatic rings. The molecule has 2 atom stereocenters. The number of hydrogen-bond donors (Lipinski definition) is 0. The highest BCUT2D eigenvalue weighted by Crippen LogP contribution is 2.53. The van der Waals surface area contributed by atoms with Crippen molar-refractivity contribution in [2.45, 2.75) is 38.1 Å². The number of ether oxygens (including phenoxy) is 2. The Morgan fingerprint density at radius 3 is 2.41 bits per heavy atom. The molecule has 0 aromatic heterocycles.